The Morgan fingerprint density at radius 2 is 1.67 bits per heavy atom. The zero-order valence-corrected chi connectivity index (χ0v) is 20.3. The van der Waals surface area contributed by atoms with E-state index in [0.717, 1.165) is 11.1 Å². The average Bonchev–Trinajstić information content (AvgIpc) is 3.33. The van der Waals surface area contributed by atoms with Crippen molar-refractivity contribution < 1.29 is 19.0 Å². The normalized spacial score (nSPS) is 10.2. The largest absolute Gasteiger partial charge is 0.497 e. The van der Waals surface area contributed by atoms with Gasteiger partial charge in [-0.1, -0.05) is 17.9 Å². The number of ether oxygens (including phenoxy) is 3. The number of aryl methyl sites for hydroxylation is 1. The van der Waals surface area contributed by atoms with Gasteiger partial charge in [-0.05, 0) is 18.2 Å². The molecule has 2 aromatic carbocycles. The molecule has 4 rings (SSSR count). The molecule has 0 aliphatic rings. The minimum atomic E-state index is -0.370. The number of nitrogens with one attached hydrogen (secondary N) is 1. The molecule has 182 valence electrons. The van der Waals surface area contributed by atoms with E-state index in [1.165, 1.54) is 7.11 Å². The molecule has 9 nitrogen and oxygen atoms in total. The van der Waals surface area contributed by atoms with Crippen molar-refractivity contribution in [3.8, 4) is 40.2 Å². The third-order valence-corrected chi connectivity index (χ3v) is 5.36. The molecule has 0 radical (unpaired) electrons. The summed E-state index contributed by atoms with van der Waals surface area (Å²) in [4.78, 5) is 17.4. The summed E-state index contributed by atoms with van der Waals surface area (Å²) in [5.41, 5.74) is 9.73. The molecule has 2 heterocycles. The van der Waals surface area contributed by atoms with Gasteiger partial charge in [0.15, 0.2) is 0 Å². The van der Waals surface area contributed by atoms with Crippen LogP contribution in [-0.2, 0) is 7.05 Å². The number of methoxy groups -OCH3 is 3. The fourth-order valence-corrected chi connectivity index (χ4v) is 3.55. The zero-order chi connectivity index (χ0) is 25.7. The van der Waals surface area contributed by atoms with Gasteiger partial charge in [-0.3, -0.25) is 9.48 Å². The van der Waals surface area contributed by atoms with Crippen LogP contribution in [0.3, 0.4) is 0 Å². The van der Waals surface area contributed by atoms with Crippen LogP contribution in [0, 0.1) is 11.8 Å². The number of amides is 1. The highest BCUT2D eigenvalue weighted by molar-refractivity contribution is 6.06. The van der Waals surface area contributed by atoms with E-state index in [9.17, 15) is 4.79 Å². The summed E-state index contributed by atoms with van der Waals surface area (Å²) < 4.78 is 17.8. The SMILES string of the molecule is COc1cc(NC(=O)c2cccc(C#Cc3cc(-c4cnn(C)c4)cnc3N)c2OC)cc(OC)c1. The number of hydrogen-bond acceptors (Lipinski definition) is 7. The molecule has 0 saturated heterocycles. The van der Waals surface area contributed by atoms with Gasteiger partial charge in [-0.15, -0.1) is 0 Å². The number of anilines is 2. The van der Waals surface area contributed by atoms with E-state index in [4.69, 9.17) is 19.9 Å². The number of nitrogens with two attached hydrogens (primary N) is 1. The smallest absolute Gasteiger partial charge is 0.259 e. The number of hydrogen-bond donors (Lipinski definition) is 2. The minimum Gasteiger partial charge on any atom is -0.497 e. The van der Waals surface area contributed by atoms with Crippen molar-refractivity contribution in [3.63, 3.8) is 0 Å². The molecule has 0 atom stereocenters. The van der Waals surface area contributed by atoms with Crippen molar-refractivity contribution in [2.24, 2.45) is 7.05 Å². The van der Waals surface area contributed by atoms with Crippen LogP contribution in [0.25, 0.3) is 11.1 Å². The van der Waals surface area contributed by atoms with E-state index in [2.05, 4.69) is 27.2 Å². The quantitative estimate of drug-likeness (QED) is 0.402. The Bertz CT molecular complexity index is 1460. The highest BCUT2D eigenvalue weighted by Gasteiger charge is 2.16. The Balaban J connectivity index is 1.65. The van der Waals surface area contributed by atoms with Gasteiger partial charge in [0.25, 0.3) is 5.91 Å². The Hall–Kier alpha value is -4.97. The minimum absolute atomic E-state index is 0.301. The number of nitrogen functional groups attached to an aromatic ring is 1. The Morgan fingerprint density at radius 3 is 2.31 bits per heavy atom. The van der Waals surface area contributed by atoms with Gasteiger partial charge in [0.1, 0.15) is 23.1 Å². The molecule has 3 N–H and O–H groups in total. The van der Waals surface area contributed by atoms with Gasteiger partial charge in [0, 0.05) is 54.5 Å². The summed E-state index contributed by atoms with van der Waals surface area (Å²) in [6.07, 6.45) is 5.30. The van der Waals surface area contributed by atoms with Crippen LogP contribution in [0.4, 0.5) is 11.5 Å². The van der Waals surface area contributed by atoms with Crippen molar-refractivity contribution in [1.82, 2.24) is 14.8 Å². The Morgan fingerprint density at radius 1 is 0.944 bits per heavy atom. The van der Waals surface area contributed by atoms with Crippen LogP contribution in [0.15, 0.2) is 61.1 Å². The molecule has 0 fully saturated rings. The Labute approximate surface area is 208 Å². The molecule has 4 aromatic rings. The first-order valence-corrected chi connectivity index (χ1v) is 10.9. The van der Waals surface area contributed by atoms with Gasteiger partial charge in [-0.2, -0.15) is 5.10 Å². The molecule has 36 heavy (non-hydrogen) atoms. The van der Waals surface area contributed by atoms with Crippen molar-refractivity contribution in [2.45, 2.75) is 0 Å². The maximum absolute atomic E-state index is 13.1. The summed E-state index contributed by atoms with van der Waals surface area (Å²) in [5.74, 6) is 7.50. The lowest BCUT2D eigenvalue weighted by Gasteiger charge is -2.13. The second kappa shape index (κ2) is 10.5. The first-order chi connectivity index (χ1) is 17.4. The summed E-state index contributed by atoms with van der Waals surface area (Å²) >= 11 is 0. The number of carbonyl (C=O) groups is 1. The molecular formula is C27H25N5O4. The fourth-order valence-electron chi connectivity index (χ4n) is 3.55. The molecule has 0 bridgehead atoms. The number of benzene rings is 2. The van der Waals surface area contributed by atoms with Crippen molar-refractivity contribution in [3.05, 3.63) is 77.7 Å². The predicted octanol–water partition coefficient (Wildman–Crippen LogP) is 3.74. The number of pyridine rings is 1. The molecule has 1 amide bonds. The van der Waals surface area contributed by atoms with Gasteiger partial charge in [-0.25, -0.2) is 4.98 Å². The number of para-hydroxylation sites is 1. The van der Waals surface area contributed by atoms with Crippen LogP contribution >= 0.6 is 0 Å². The predicted molar refractivity (Wildman–Crippen MR) is 137 cm³/mol. The summed E-state index contributed by atoms with van der Waals surface area (Å²) in [6, 6.07) is 12.1. The molecule has 0 unspecified atom stereocenters. The monoisotopic (exact) mass is 483 g/mol. The molecule has 9 heteroatoms. The fraction of sp³-hybridized carbons (Fsp3) is 0.148. The second-order valence-corrected chi connectivity index (χ2v) is 7.75. The summed E-state index contributed by atoms with van der Waals surface area (Å²) in [7, 11) is 6.42. The van der Waals surface area contributed by atoms with E-state index in [0.29, 0.717) is 45.4 Å². The lowest BCUT2D eigenvalue weighted by atomic mass is 10.1. The lowest BCUT2D eigenvalue weighted by molar-refractivity contribution is 0.102. The maximum atomic E-state index is 13.1. The van der Waals surface area contributed by atoms with Crippen LogP contribution in [0.5, 0.6) is 17.2 Å². The Kier molecular flexibility index (Phi) is 7.07. The second-order valence-electron chi connectivity index (χ2n) is 7.75. The van der Waals surface area contributed by atoms with Crippen molar-refractivity contribution >= 4 is 17.4 Å². The first-order valence-electron chi connectivity index (χ1n) is 10.9. The standard InChI is InChI=1S/C27H25N5O4/c1-32-16-20(15-30-32)19-10-18(26(28)29-14-19)9-8-17-6-5-7-24(25(17)36-4)27(33)31-21-11-22(34-2)13-23(12-21)35-3/h5-7,10-16H,1-4H3,(H2,28,29)(H,31,33). The molecule has 0 aliphatic heterocycles. The van der Waals surface area contributed by atoms with Gasteiger partial charge in [0.2, 0.25) is 0 Å². The van der Waals surface area contributed by atoms with Crippen LogP contribution in [-0.4, -0.2) is 42.0 Å². The van der Waals surface area contributed by atoms with Gasteiger partial charge in [0.05, 0.1) is 44.2 Å². The summed E-state index contributed by atoms with van der Waals surface area (Å²) in [6.45, 7) is 0. The van der Waals surface area contributed by atoms with E-state index < -0.39 is 0 Å². The molecule has 0 spiro atoms. The van der Waals surface area contributed by atoms with Crippen LogP contribution < -0.4 is 25.3 Å². The van der Waals surface area contributed by atoms with Gasteiger partial charge < -0.3 is 25.3 Å². The van der Waals surface area contributed by atoms with Gasteiger partial charge >= 0.3 is 0 Å². The highest BCUT2D eigenvalue weighted by Crippen LogP contribution is 2.28. The van der Waals surface area contributed by atoms with Crippen LogP contribution in [0.1, 0.15) is 21.5 Å². The van der Waals surface area contributed by atoms with Crippen molar-refractivity contribution in [2.75, 3.05) is 32.4 Å². The number of carbonyl (C=O) groups excluding carboxylic acids is 1. The summed E-state index contributed by atoms with van der Waals surface area (Å²) in [5, 5.41) is 7.05. The zero-order valence-electron chi connectivity index (χ0n) is 20.3. The van der Waals surface area contributed by atoms with Crippen LogP contribution in [0.2, 0.25) is 0 Å². The topological polar surface area (TPSA) is 114 Å². The van der Waals surface area contributed by atoms with Crippen molar-refractivity contribution in [1.29, 1.82) is 0 Å². The number of rotatable bonds is 6. The number of nitrogens with zero attached hydrogens (tertiary/aromatic N) is 3. The number of aromatic nitrogens is 3. The van der Waals surface area contributed by atoms with E-state index >= 15 is 0 Å². The highest BCUT2D eigenvalue weighted by atomic mass is 16.5. The lowest BCUT2D eigenvalue weighted by Crippen LogP contribution is -2.14. The first kappa shape index (κ1) is 24.2. The van der Waals surface area contributed by atoms with E-state index in [1.54, 1.807) is 67.7 Å². The molecular weight excluding hydrogens is 458 g/mol. The molecule has 0 aliphatic carbocycles. The molecule has 2 aromatic heterocycles. The molecule has 0 saturated carbocycles. The van der Waals surface area contributed by atoms with E-state index in [-0.39, 0.29) is 5.91 Å². The maximum Gasteiger partial charge on any atom is 0.259 e. The third kappa shape index (κ3) is 5.23. The average molecular weight is 484 g/mol. The third-order valence-electron chi connectivity index (χ3n) is 5.36. The van der Waals surface area contributed by atoms with E-state index in [1.807, 2.05) is 19.3 Å².